The summed E-state index contributed by atoms with van der Waals surface area (Å²) in [5.41, 5.74) is 0. The molecular weight excluding hydrogens is 166 g/mol. The van der Waals surface area contributed by atoms with E-state index >= 15 is 0 Å². The summed E-state index contributed by atoms with van der Waals surface area (Å²) in [7, 11) is 1.72. The van der Waals surface area contributed by atoms with Gasteiger partial charge < -0.3 is 9.47 Å². The van der Waals surface area contributed by atoms with Crippen molar-refractivity contribution < 1.29 is 9.47 Å². The number of ether oxygens (including phenoxy) is 2. The molecule has 1 aliphatic heterocycles. The minimum Gasteiger partial charge on any atom is -0.382 e. The first kappa shape index (κ1) is 11.0. The summed E-state index contributed by atoms with van der Waals surface area (Å²) in [6.45, 7) is 9.31. The summed E-state index contributed by atoms with van der Waals surface area (Å²) in [6, 6.07) is 0.603. The smallest absolute Gasteiger partial charge is 0.0939 e. The lowest BCUT2D eigenvalue weighted by Crippen LogP contribution is -2.50. The molecule has 0 aromatic carbocycles. The van der Waals surface area contributed by atoms with Gasteiger partial charge in [-0.3, -0.25) is 4.90 Å². The maximum absolute atomic E-state index is 5.74. The highest BCUT2D eigenvalue weighted by Crippen LogP contribution is 2.13. The Labute approximate surface area is 81.0 Å². The molecule has 0 spiro atoms. The molecule has 0 unspecified atom stereocenters. The van der Waals surface area contributed by atoms with Crippen LogP contribution >= 0.6 is 0 Å². The van der Waals surface area contributed by atoms with Crippen molar-refractivity contribution in [2.24, 2.45) is 0 Å². The van der Waals surface area contributed by atoms with Crippen LogP contribution < -0.4 is 0 Å². The van der Waals surface area contributed by atoms with Crippen LogP contribution in [-0.2, 0) is 9.47 Å². The van der Waals surface area contributed by atoms with E-state index in [1.807, 2.05) is 0 Å². The van der Waals surface area contributed by atoms with Crippen LogP contribution in [0.25, 0.3) is 0 Å². The van der Waals surface area contributed by atoms with Gasteiger partial charge in [-0.05, 0) is 20.8 Å². The Morgan fingerprint density at radius 3 is 2.69 bits per heavy atom. The van der Waals surface area contributed by atoms with Crippen molar-refractivity contribution in [1.82, 2.24) is 4.90 Å². The Balaban J connectivity index is 2.42. The highest BCUT2D eigenvalue weighted by atomic mass is 16.5. The quantitative estimate of drug-likeness (QED) is 0.661. The monoisotopic (exact) mass is 187 g/mol. The van der Waals surface area contributed by atoms with Crippen molar-refractivity contribution in [1.29, 1.82) is 0 Å². The molecule has 3 nitrogen and oxygen atoms in total. The number of hydrogen-bond acceptors (Lipinski definition) is 3. The third-order valence-corrected chi connectivity index (χ3v) is 2.44. The standard InChI is InChI=1S/C10H21NO2/c1-8(2)11-5-9(3)13-10(6-11)7-12-4/h8-10H,5-7H2,1-4H3/t9-,10+/m0/s1. The minimum atomic E-state index is 0.246. The lowest BCUT2D eigenvalue weighted by Gasteiger charge is -2.38. The summed E-state index contributed by atoms with van der Waals surface area (Å²) in [5.74, 6) is 0. The van der Waals surface area contributed by atoms with Gasteiger partial charge in [0.25, 0.3) is 0 Å². The fourth-order valence-corrected chi connectivity index (χ4v) is 1.78. The molecule has 0 bridgehead atoms. The Hall–Kier alpha value is -0.120. The van der Waals surface area contributed by atoms with Gasteiger partial charge in [0.2, 0.25) is 0 Å². The molecule has 1 heterocycles. The zero-order chi connectivity index (χ0) is 9.84. The predicted molar refractivity (Wildman–Crippen MR) is 52.9 cm³/mol. The number of methoxy groups -OCH3 is 1. The van der Waals surface area contributed by atoms with Crippen molar-refractivity contribution in [3.8, 4) is 0 Å². The van der Waals surface area contributed by atoms with Gasteiger partial charge in [0.1, 0.15) is 0 Å². The lowest BCUT2D eigenvalue weighted by atomic mass is 10.2. The van der Waals surface area contributed by atoms with Crippen molar-refractivity contribution in [3.63, 3.8) is 0 Å². The van der Waals surface area contributed by atoms with Crippen LogP contribution in [0.1, 0.15) is 20.8 Å². The molecule has 2 atom stereocenters. The second-order valence-electron chi connectivity index (χ2n) is 4.07. The maximum atomic E-state index is 5.74. The Kier molecular flexibility index (Phi) is 4.16. The van der Waals surface area contributed by atoms with E-state index in [4.69, 9.17) is 9.47 Å². The zero-order valence-corrected chi connectivity index (χ0v) is 9.12. The van der Waals surface area contributed by atoms with Crippen LogP contribution in [0.15, 0.2) is 0 Å². The molecule has 0 radical (unpaired) electrons. The van der Waals surface area contributed by atoms with E-state index in [1.165, 1.54) is 0 Å². The van der Waals surface area contributed by atoms with E-state index in [2.05, 4.69) is 25.7 Å². The second-order valence-corrected chi connectivity index (χ2v) is 4.07. The first-order valence-electron chi connectivity index (χ1n) is 5.02. The fraction of sp³-hybridized carbons (Fsp3) is 1.00. The molecule has 1 saturated heterocycles. The Morgan fingerprint density at radius 2 is 2.15 bits per heavy atom. The molecule has 3 heteroatoms. The lowest BCUT2D eigenvalue weighted by molar-refractivity contribution is -0.107. The first-order valence-corrected chi connectivity index (χ1v) is 5.02. The average Bonchev–Trinajstić information content (AvgIpc) is 2.03. The molecule has 1 fully saturated rings. The van der Waals surface area contributed by atoms with Crippen molar-refractivity contribution >= 4 is 0 Å². The summed E-state index contributed by atoms with van der Waals surface area (Å²) in [5, 5.41) is 0. The third kappa shape index (κ3) is 3.25. The molecule has 78 valence electrons. The summed E-state index contributed by atoms with van der Waals surface area (Å²) in [6.07, 6.45) is 0.576. The Morgan fingerprint density at radius 1 is 1.46 bits per heavy atom. The summed E-state index contributed by atoms with van der Waals surface area (Å²) < 4.78 is 10.8. The van der Waals surface area contributed by atoms with Crippen molar-refractivity contribution in [3.05, 3.63) is 0 Å². The molecule has 0 saturated carbocycles. The molecule has 0 N–H and O–H groups in total. The van der Waals surface area contributed by atoms with E-state index < -0.39 is 0 Å². The van der Waals surface area contributed by atoms with Gasteiger partial charge in [0.05, 0.1) is 18.8 Å². The van der Waals surface area contributed by atoms with Crippen LogP contribution in [0.2, 0.25) is 0 Å². The van der Waals surface area contributed by atoms with Gasteiger partial charge in [-0.25, -0.2) is 0 Å². The highest BCUT2D eigenvalue weighted by molar-refractivity contribution is 4.77. The highest BCUT2D eigenvalue weighted by Gasteiger charge is 2.26. The SMILES string of the molecule is COC[C@H]1CN(C(C)C)C[C@H](C)O1. The fourth-order valence-electron chi connectivity index (χ4n) is 1.78. The van der Waals surface area contributed by atoms with Gasteiger partial charge in [-0.2, -0.15) is 0 Å². The topological polar surface area (TPSA) is 21.7 Å². The van der Waals surface area contributed by atoms with Gasteiger partial charge in [-0.15, -0.1) is 0 Å². The van der Waals surface area contributed by atoms with Gasteiger partial charge in [0.15, 0.2) is 0 Å². The second kappa shape index (κ2) is 4.94. The molecule has 1 rings (SSSR count). The number of nitrogens with zero attached hydrogens (tertiary/aromatic N) is 1. The first-order chi connectivity index (χ1) is 6.13. The Bertz CT molecular complexity index is 150. The van der Waals surface area contributed by atoms with Gasteiger partial charge >= 0.3 is 0 Å². The maximum Gasteiger partial charge on any atom is 0.0939 e. The van der Waals surface area contributed by atoms with Crippen LogP contribution in [0, 0.1) is 0 Å². The number of morpholine rings is 1. The molecule has 0 amide bonds. The van der Waals surface area contributed by atoms with Gasteiger partial charge in [-0.1, -0.05) is 0 Å². The number of hydrogen-bond donors (Lipinski definition) is 0. The summed E-state index contributed by atoms with van der Waals surface area (Å²) >= 11 is 0. The third-order valence-electron chi connectivity index (χ3n) is 2.44. The van der Waals surface area contributed by atoms with E-state index in [0.29, 0.717) is 18.8 Å². The molecule has 1 aliphatic rings. The molecule has 0 aliphatic carbocycles. The van der Waals surface area contributed by atoms with Gasteiger partial charge in [0, 0.05) is 26.2 Å². The minimum absolute atomic E-state index is 0.246. The molecule has 0 aromatic rings. The molecule has 0 aromatic heterocycles. The predicted octanol–water partition coefficient (Wildman–Crippen LogP) is 1.13. The van der Waals surface area contributed by atoms with E-state index in [1.54, 1.807) is 7.11 Å². The van der Waals surface area contributed by atoms with Crippen molar-refractivity contribution in [2.75, 3.05) is 26.8 Å². The normalized spacial score (nSPS) is 31.2. The molecular formula is C10H21NO2. The van der Waals surface area contributed by atoms with E-state index in [9.17, 15) is 0 Å². The van der Waals surface area contributed by atoms with E-state index in [-0.39, 0.29) is 6.10 Å². The largest absolute Gasteiger partial charge is 0.382 e. The van der Waals surface area contributed by atoms with E-state index in [0.717, 1.165) is 13.1 Å². The van der Waals surface area contributed by atoms with Crippen LogP contribution in [0.5, 0.6) is 0 Å². The van der Waals surface area contributed by atoms with Crippen LogP contribution in [0.3, 0.4) is 0 Å². The zero-order valence-electron chi connectivity index (χ0n) is 9.12. The molecule has 13 heavy (non-hydrogen) atoms. The van der Waals surface area contributed by atoms with Crippen LogP contribution in [0.4, 0.5) is 0 Å². The average molecular weight is 187 g/mol. The number of rotatable bonds is 3. The van der Waals surface area contributed by atoms with Crippen molar-refractivity contribution in [2.45, 2.75) is 39.0 Å². The van der Waals surface area contributed by atoms with Crippen LogP contribution in [-0.4, -0.2) is 50.0 Å². The summed E-state index contributed by atoms with van der Waals surface area (Å²) in [4.78, 5) is 2.44.